The van der Waals surface area contributed by atoms with Gasteiger partial charge in [0.1, 0.15) is 5.82 Å². The summed E-state index contributed by atoms with van der Waals surface area (Å²) in [6, 6.07) is 14.7. The lowest BCUT2D eigenvalue weighted by molar-refractivity contribution is 0.0947. The summed E-state index contributed by atoms with van der Waals surface area (Å²) in [5.41, 5.74) is 2.62. The molecule has 0 saturated heterocycles. The van der Waals surface area contributed by atoms with E-state index in [1.165, 1.54) is 17.0 Å². The van der Waals surface area contributed by atoms with Crippen LogP contribution in [0.25, 0.3) is 0 Å². The normalized spacial score (nSPS) is 15.0. The SMILES string of the molecule is CCOC(=O)n1ccnc1C1Cc2c(C(=O)NCc3ccccc3)cccc2C1=O. The van der Waals surface area contributed by atoms with Crippen molar-refractivity contribution in [3.63, 3.8) is 0 Å². The number of hydrogen-bond donors (Lipinski definition) is 1. The van der Waals surface area contributed by atoms with Gasteiger partial charge in [0.2, 0.25) is 0 Å². The van der Waals surface area contributed by atoms with Crippen molar-refractivity contribution < 1.29 is 19.1 Å². The Bertz CT molecular complexity index is 1100. The molecule has 7 nitrogen and oxygen atoms in total. The summed E-state index contributed by atoms with van der Waals surface area (Å²) in [5, 5.41) is 2.91. The third kappa shape index (κ3) is 3.61. The minimum atomic E-state index is -0.637. The fourth-order valence-electron chi connectivity index (χ4n) is 3.74. The first-order chi connectivity index (χ1) is 14.6. The second kappa shape index (κ2) is 8.32. The van der Waals surface area contributed by atoms with Crippen LogP contribution in [0, 0.1) is 0 Å². The summed E-state index contributed by atoms with van der Waals surface area (Å²) < 4.78 is 6.30. The fourth-order valence-corrected chi connectivity index (χ4v) is 3.74. The van der Waals surface area contributed by atoms with Crippen molar-refractivity contribution in [1.82, 2.24) is 14.9 Å². The van der Waals surface area contributed by atoms with Crippen LogP contribution in [0.2, 0.25) is 0 Å². The van der Waals surface area contributed by atoms with E-state index in [9.17, 15) is 14.4 Å². The Kier molecular flexibility index (Phi) is 5.43. The second-order valence-corrected chi connectivity index (χ2v) is 6.98. The quantitative estimate of drug-likeness (QED) is 0.706. The van der Waals surface area contributed by atoms with Crippen LogP contribution in [-0.4, -0.2) is 33.9 Å². The zero-order chi connectivity index (χ0) is 21.1. The van der Waals surface area contributed by atoms with Gasteiger partial charge in [-0.3, -0.25) is 9.59 Å². The molecule has 0 bridgehead atoms. The van der Waals surface area contributed by atoms with Gasteiger partial charge in [0, 0.05) is 30.1 Å². The molecule has 152 valence electrons. The lowest BCUT2D eigenvalue weighted by Gasteiger charge is -2.11. The van der Waals surface area contributed by atoms with E-state index >= 15 is 0 Å². The number of imidazole rings is 1. The van der Waals surface area contributed by atoms with E-state index < -0.39 is 12.0 Å². The number of ketones is 1. The first-order valence-electron chi connectivity index (χ1n) is 9.78. The van der Waals surface area contributed by atoms with E-state index in [1.54, 1.807) is 25.1 Å². The number of hydrogen-bond acceptors (Lipinski definition) is 5. The predicted molar refractivity (Wildman–Crippen MR) is 109 cm³/mol. The smallest absolute Gasteiger partial charge is 0.419 e. The van der Waals surface area contributed by atoms with Gasteiger partial charge in [-0.2, -0.15) is 0 Å². The Balaban J connectivity index is 1.58. The monoisotopic (exact) mass is 403 g/mol. The van der Waals surface area contributed by atoms with Crippen LogP contribution in [0.4, 0.5) is 4.79 Å². The van der Waals surface area contributed by atoms with E-state index in [2.05, 4.69) is 10.3 Å². The number of fused-ring (bicyclic) bond motifs is 1. The molecule has 1 amide bonds. The number of amides is 1. The molecule has 1 N–H and O–H groups in total. The van der Waals surface area contributed by atoms with Crippen molar-refractivity contribution in [2.24, 2.45) is 0 Å². The fraction of sp³-hybridized carbons (Fsp3) is 0.217. The Hall–Kier alpha value is -3.74. The van der Waals surface area contributed by atoms with Crippen molar-refractivity contribution in [1.29, 1.82) is 0 Å². The summed E-state index contributed by atoms with van der Waals surface area (Å²) in [7, 11) is 0. The Morgan fingerprint density at radius 3 is 2.73 bits per heavy atom. The molecule has 4 rings (SSSR count). The molecule has 1 aliphatic rings. The Morgan fingerprint density at radius 1 is 1.17 bits per heavy atom. The third-order valence-electron chi connectivity index (χ3n) is 5.15. The van der Waals surface area contributed by atoms with Crippen LogP contribution in [-0.2, 0) is 17.7 Å². The number of carbonyl (C=O) groups excluding carboxylic acids is 3. The maximum Gasteiger partial charge on any atom is 0.419 e. The highest BCUT2D eigenvalue weighted by Crippen LogP contribution is 2.35. The number of carbonyl (C=O) groups is 3. The van der Waals surface area contributed by atoms with Crippen molar-refractivity contribution >= 4 is 17.8 Å². The molecule has 1 aliphatic carbocycles. The maximum atomic E-state index is 13.0. The molecule has 7 heteroatoms. The average Bonchev–Trinajstić information content (AvgIpc) is 3.37. The van der Waals surface area contributed by atoms with Gasteiger partial charge in [0.25, 0.3) is 5.91 Å². The van der Waals surface area contributed by atoms with Gasteiger partial charge in [-0.15, -0.1) is 0 Å². The van der Waals surface area contributed by atoms with E-state index in [1.807, 2.05) is 30.3 Å². The van der Waals surface area contributed by atoms with E-state index in [0.717, 1.165) is 5.56 Å². The third-order valence-corrected chi connectivity index (χ3v) is 5.15. The van der Waals surface area contributed by atoms with Crippen LogP contribution in [0.3, 0.4) is 0 Å². The van der Waals surface area contributed by atoms with Crippen molar-refractivity contribution in [3.8, 4) is 0 Å². The lowest BCUT2D eigenvalue weighted by Crippen LogP contribution is -2.24. The first-order valence-corrected chi connectivity index (χ1v) is 9.78. The number of Topliss-reactive ketones (excluding diaryl/α,β-unsaturated/α-hetero) is 1. The number of nitrogens with one attached hydrogen (secondary N) is 1. The molecule has 3 aromatic rings. The molecule has 0 saturated carbocycles. The van der Waals surface area contributed by atoms with Gasteiger partial charge in [0.05, 0.1) is 12.5 Å². The van der Waals surface area contributed by atoms with Gasteiger partial charge in [-0.25, -0.2) is 14.3 Å². The zero-order valence-corrected chi connectivity index (χ0v) is 16.5. The summed E-state index contributed by atoms with van der Waals surface area (Å²) >= 11 is 0. The summed E-state index contributed by atoms with van der Waals surface area (Å²) in [6.45, 7) is 2.33. The molecule has 1 aromatic heterocycles. The molecule has 0 radical (unpaired) electrons. The molecule has 1 heterocycles. The van der Waals surface area contributed by atoms with Gasteiger partial charge < -0.3 is 10.1 Å². The molecule has 0 aliphatic heterocycles. The van der Waals surface area contributed by atoms with Gasteiger partial charge >= 0.3 is 6.09 Å². The minimum Gasteiger partial charge on any atom is -0.449 e. The molecular weight excluding hydrogens is 382 g/mol. The van der Waals surface area contributed by atoms with Crippen molar-refractivity contribution in [2.75, 3.05) is 6.61 Å². The molecule has 0 spiro atoms. The van der Waals surface area contributed by atoms with Crippen LogP contribution >= 0.6 is 0 Å². The summed E-state index contributed by atoms with van der Waals surface area (Å²) in [6.07, 6.45) is 2.68. The molecule has 2 aromatic carbocycles. The van der Waals surface area contributed by atoms with Gasteiger partial charge in [0.15, 0.2) is 5.78 Å². The van der Waals surface area contributed by atoms with Crippen LogP contribution < -0.4 is 5.32 Å². The predicted octanol–water partition coefficient (Wildman–Crippen LogP) is 3.34. The zero-order valence-electron chi connectivity index (χ0n) is 16.5. The average molecular weight is 403 g/mol. The highest BCUT2D eigenvalue weighted by molar-refractivity contribution is 6.08. The largest absolute Gasteiger partial charge is 0.449 e. The minimum absolute atomic E-state index is 0.153. The van der Waals surface area contributed by atoms with Crippen LogP contribution in [0.5, 0.6) is 0 Å². The highest BCUT2D eigenvalue weighted by atomic mass is 16.5. The van der Waals surface area contributed by atoms with Crippen molar-refractivity contribution in [3.05, 3.63) is 89.0 Å². The molecule has 1 atom stereocenters. The maximum absolute atomic E-state index is 13.0. The lowest BCUT2D eigenvalue weighted by atomic mass is 10.0. The highest BCUT2D eigenvalue weighted by Gasteiger charge is 2.37. The molecule has 30 heavy (non-hydrogen) atoms. The second-order valence-electron chi connectivity index (χ2n) is 6.98. The number of benzene rings is 2. The standard InChI is InChI=1S/C23H21N3O4/c1-2-30-23(29)26-12-11-24-21(26)19-13-18-16(20(19)27)9-6-10-17(18)22(28)25-14-15-7-4-3-5-8-15/h3-12,19H,2,13-14H2,1H3,(H,25,28). The summed E-state index contributed by atoms with van der Waals surface area (Å²) in [4.78, 5) is 42.3. The number of aromatic nitrogens is 2. The topological polar surface area (TPSA) is 90.3 Å². The number of rotatable bonds is 5. The molecule has 1 unspecified atom stereocenters. The number of ether oxygens (including phenoxy) is 1. The summed E-state index contributed by atoms with van der Waals surface area (Å²) in [5.74, 6) is -0.704. The van der Waals surface area contributed by atoms with Crippen LogP contribution in [0.1, 0.15) is 50.5 Å². The van der Waals surface area contributed by atoms with Gasteiger partial charge in [-0.05, 0) is 30.5 Å². The Morgan fingerprint density at radius 2 is 1.97 bits per heavy atom. The van der Waals surface area contributed by atoms with Crippen LogP contribution in [0.15, 0.2) is 60.9 Å². The van der Waals surface area contributed by atoms with Crippen molar-refractivity contribution in [2.45, 2.75) is 25.8 Å². The molecule has 0 fully saturated rings. The van der Waals surface area contributed by atoms with E-state index in [-0.39, 0.29) is 18.3 Å². The van der Waals surface area contributed by atoms with E-state index in [4.69, 9.17) is 4.74 Å². The Labute approximate surface area is 173 Å². The number of nitrogens with zero attached hydrogens (tertiary/aromatic N) is 2. The van der Waals surface area contributed by atoms with E-state index in [0.29, 0.717) is 35.5 Å². The molecular formula is C23H21N3O4. The van der Waals surface area contributed by atoms with Gasteiger partial charge in [-0.1, -0.05) is 42.5 Å². The first kappa shape index (κ1) is 19.6.